The van der Waals surface area contributed by atoms with Crippen molar-refractivity contribution >= 4 is 11.6 Å². The van der Waals surface area contributed by atoms with Crippen molar-refractivity contribution in [2.45, 2.75) is 33.6 Å². The molecule has 1 aliphatic rings. The van der Waals surface area contributed by atoms with Crippen molar-refractivity contribution in [3.8, 4) is 6.07 Å². The Hall–Kier alpha value is -1.37. The van der Waals surface area contributed by atoms with Crippen LogP contribution in [0, 0.1) is 22.7 Å². The normalized spacial score (nSPS) is 21.4. The number of nitrogens with one attached hydrogen (secondary N) is 1. The summed E-state index contributed by atoms with van der Waals surface area (Å²) in [7, 11) is 0. The van der Waals surface area contributed by atoms with E-state index in [4.69, 9.17) is 5.26 Å². The van der Waals surface area contributed by atoms with Crippen molar-refractivity contribution in [2.24, 2.45) is 16.4 Å². The van der Waals surface area contributed by atoms with Crippen LogP contribution in [0.5, 0.6) is 0 Å². The summed E-state index contributed by atoms with van der Waals surface area (Å²) in [6.45, 7) is 6.06. The van der Waals surface area contributed by atoms with E-state index >= 15 is 0 Å². The largest absolute Gasteiger partial charge is 0.272 e. The fourth-order valence-corrected chi connectivity index (χ4v) is 1.56. The second kappa shape index (κ2) is 3.79. The molecule has 0 radical (unpaired) electrons. The fourth-order valence-electron chi connectivity index (χ4n) is 1.56. The van der Waals surface area contributed by atoms with E-state index in [0.717, 1.165) is 5.71 Å². The van der Waals surface area contributed by atoms with Gasteiger partial charge in [-0.3, -0.25) is 4.79 Å². The van der Waals surface area contributed by atoms with Gasteiger partial charge >= 0.3 is 0 Å². The summed E-state index contributed by atoms with van der Waals surface area (Å²) >= 11 is 0. The van der Waals surface area contributed by atoms with Gasteiger partial charge in [0.05, 0.1) is 17.7 Å². The first-order chi connectivity index (χ1) is 6.46. The first-order valence-electron chi connectivity index (χ1n) is 4.71. The molecular weight excluding hydrogens is 178 g/mol. The van der Waals surface area contributed by atoms with Gasteiger partial charge in [0, 0.05) is 11.8 Å². The zero-order chi connectivity index (χ0) is 10.8. The van der Waals surface area contributed by atoms with Crippen molar-refractivity contribution in [1.82, 2.24) is 5.43 Å². The molecule has 0 aliphatic carbocycles. The maximum absolute atomic E-state index is 11.4. The zero-order valence-corrected chi connectivity index (χ0v) is 8.79. The molecule has 1 aliphatic heterocycles. The van der Waals surface area contributed by atoms with Gasteiger partial charge in [-0.15, -0.1) is 0 Å². The van der Waals surface area contributed by atoms with Crippen LogP contribution in [0.25, 0.3) is 0 Å². The molecule has 0 aromatic carbocycles. The van der Waals surface area contributed by atoms with Gasteiger partial charge in [-0.1, -0.05) is 20.8 Å². The Morgan fingerprint density at radius 3 is 2.71 bits per heavy atom. The van der Waals surface area contributed by atoms with Crippen LogP contribution in [0.15, 0.2) is 5.10 Å². The molecule has 1 amide bonds. The van der Waals surface area contributed by atoms with E-state index in [9.17, 15) is 4.79 Å². The van der Waals surface area contributed by atoms with Crippen LogP contribution >= 0.6 is 0 Å². The molecule has 1 heterocycles. The number of amides is 1. The third kappa shape index (κ3) is 2.11. The third-order valence-electron chi connectivity index (χ3n) is 2.25. The van der Waals surface area contributed by atoms with Gasteiger partial charge in [0.1, 0.15) is 0 Å². The lowest BCUT2D eigenvalue weighted by Crippen LogP contribution is -2.30. The lowest BCUT2D eigenvalue weighted by Gasteiger charge is -2.21. The quantitative estimate of drug-likeness (QED) is 0.721. The smallest absolute Gasteiger partial charge is 0.248 e. The summed E-state index contributed by atoms with van der Waals surface area (Å²) < 4.78 is 0. The first-order valence-corrected chi connectivity index (χ1v) is 4.71. The molecule has 76 valence electrons. The number of hydrogen-bond donors (Lipinski definition) is 1. The molecular formula is C10H15N3O. The van der Waals surface area contributed by atoms with E-state index in [1.807, 2.05) is 20.8 Å². The topological polar surface area (TPSA) is 65.2 Å². The summed E-state index contributed by atoms with van der Waals surface area (Å²) in [4.78, 5) is 11.4. The number of rotatable bonds is 2. The Morgan fingerprint density at radius 2 is 2.21 bits per heavy atom. The van der Waals surface area contributed by atoms with Crippen LogP contribution in [-0.4, -0.2) is 11.6 Å². The van der Waals surface area contributed by atoms with Crippen molar-refractivity contribution in [2.75, 3.05) is 0 Å². The molecule has 0 unspecified atom stereocenters. The van der Waals surface area contributed by atoms with Crippen molar-refractivity contribution in [1.29, 1.82) is 5.26 Å². The number of nitrogens with zero attached hydrogens (tertiary/aromatic N) is 2. The second-order valence-electron chi connectivity index (χ2n) is 4.47. The predicted molar refractivity (Wildman–Crippen MR) is 53.4 cm³/mol. The van der Waals surface area contributed by atoms with Crippen LogP contribution in [-0.2, 0) is 4.79 Å². The SMILES string of the molecule is CC(C)(C)C1=NNC(=O)[C@@H]1CCC#N. The van der Waals surface area contributed by atoms with E-state index in [1.54, 1.807) is 0 Å². The minimum absolute atomic E-state index is 0.0785. The maximum Gasteiger partial charge on any atom is 0.248 e. The predicted octanol–water partition coefficient (Wildman–Crippen LogP) is 1.44. The summed E-state index contributed by atoms with van der Waals surface area (Å²) in [6, 6.07) is 2.05. The number of hydrazone groups is 1. The van der Waals surface area contributed by atoms with Gasteiger partial charge in [0.2, 0.25) is 5.91 Å². The lowest BCUT2D eigenvalue weighted by atomic mass is 9.81. The van der Waals surface area contributed by atoms with Gasteiger partial charge in [0.15, 0.2) is 0 Å². The van der Waals surface area contributed by atoms with Crippen LogP contribution < -0.4 is 5.43 Å². The molecule has 0 aromatic heterocycles. The van der Waals surface area contributed by atoms with E-state index in [1.165, 1.54) is 0 Å². The molecule has 14 heavy (non-hydrogen) atoms. The fraction of sp³-hybridized carbons (Fsp3) is 0.700. The average molecular weight is 193 g/mol. The molecule has 0 saturated carbocycles. The van der Waals surface area contributed by atoms with E-state index < -0.39 is 0 Å². The van der Waals surface area contributed by atoms with Crippen LogP contribution in [0.2, 0.25) is 0 Å². The zero-order valence-electron chi connectivity index (χ0n) is 8.79. The molecule has 0 spiro atoms. The maximum atomic E-state index is 11.4. The molecule has 4 heteroatoms. The number of carbonyl (C=O) groups excluding carboxylic acids is 1. The Morgan fingerprint density at radius 1 is 1.57 bits per heavy atom. The summed E-state index contributed by atoms with van der Waals surface area (Å²) in [5.41, 5.74) is 3.22. The number of carbonyl (C=O) groups is 1. The summed E-state index contributed by atoms with van der Waals surface area (Å²) in [5.74, 6) is -0.292. The Bertz CT molecular complexity index is 306. The first kappa shape index (κ1) is 10.7. The molecule has 0 bridgehead atoms. The molecule has 1 N–H and O–H groups in total. The standard InChI is InChI=1S/C10H15N3O/c1-10(2,3)8-7(5-4-6-11)9(14)13-12-8/h7H,4-5H2,1-3H3,(H,13,14)/t7-/m1/s1. The van der Waals surface area contributed by atoms with Crippen molar-refractivity contribution in [3.05, 3.63) is 0 Å². The van der Waals surface area contributed by atoms with Crippen LogP contribution in [0.1, 0.15) is 33.6 Å². The highest BCUT2D eigenvalue weighted by Gasteiger charge is 2.36. The highest BCUT2D eigenvalue weighted by atomic mass is 16.2. The summed E-state index contributed by atoms with van der Waals surface area (Å²) in [6.07, 6.45) is 0.964. The molecule has 0 saturated heterocycles. The highest BCUT2D eigenvalue weighted by molar-refractivity contribution is 6.10. The second-order valence-corrected chi connectivity index (χ2v) is 4.47. The lowest BCUT2D eigenvalue weighted by molar-refractivity contribution is -0.122. The minimum atomic E-state index is -0.213. The van der Waals surface area contributed by atoms with Gasteiger partial charge in [-0.05, 0) is 6.42 Å². The Kier molecular flexibility index (Phi) is 2.90. The number of nitriles is 1. The van der Waals surface area contributed by atoms with Gasteiger partial charge in [0.25, 0.3) is 0 Å². The van der Waals surface area contributed by atoms with Crippen molar-refractivity contribution in [3.63, 3.8) is 0 Å². The molecule has 0 fully saturated rings. The highest BCUT2D eigenvalue weighted by Crippen LogP contribution is 2.27. The van der Waals surface area contributed by atoms with Crippen LogP contribution in [0.4, 0.5) is 0 Å². The average Bonchev–Trinajstić information content (AvgIpc) is 2.42. The van der Waals surface area contributed by atoms with Gasteiger partial charge < -0.3 is 0 Å². The molecule has 0 aromatic rings. The Labute approximate surface area is 84.0 Å². The van der Waals surface area contributed by atoms with E-state index in [0.29, 0.717) is 12.8 Å². The summed E-state index contributed by atoms with van der Waals surface area (Å²) in [5, 5.41) is 12.5. The van der Waals surface area contributed by atoms with E-state index in [-0.39, 0.29) is 17.2 Å². The third-order valence-corrected chi connectivity index (χ3v) is 2.25. The Balaban J connectivity index is 2.76. The minimum Gasteiger partial charge on any atom is -0.272 e. The molecule has 1 rings (SSSR count). The number of hydrogen-bond acceptors (Lipinski definition) is 3. The van der Waals surface area contributed by atoms with Crippen molar-refractivity contribution < 1.29 is 4.79 Å². The monoisotopic (exact) mass is 193 g/mol. The molecule has 1 atom stereocenters. The van der Waals surface area contributed by atoms with Gasteiger partial charge in [-0.2, -0.15) is 10.4 Å². The molecule has 4 nitrogen and oxygen atoms in total. The van der Waals surface area contributed by atoms with Gasteiger partial charge in [-0.25, -0.2) is 5.43 Å². The van der Waals surface area contributed by atoms with E-state index in [2.05, 4.69) is 16.6 Å². The van der Waals surface area contributed by atoms with Crippen LogP contribution in [0.3, 0.4) is 0 Å².